The van der Waals surface area contributed by atoms with E-state index in [1.807, 2.05) is 20.8 Å². The van der Waals surface area contributed by atoms with Crippen LogP contribution in [0.4, 0.5) is 4.79 Å². The molecule has 1 aromatic rings. The summed E-state index contributed by atoms with van der Waals surface area (Å²) in [5, 5.41) is 3.16. The maximum Gasteiger partial charge on any atom is 0.410 e. The smallest absolute Gasteiger partial charge is 0.410 e. The number of carbonyl (C=O) groups is 2. The van der Waals surface area contributed by atoms with E-state index in [2.05, 4.69) is 15.3 Å². The van der Waals surface area contributed by atoms with E-state index < -0.39 is 5.60 Å². The molecule has 1 atom stereocenters. The number of carbonyl (C=O) groups excluding carboxylic acids is 2. The summed E-state index contributed by atoms with van der Waals surface area (Å²) in [5.41, 5.74) is -0.116. The Labute approximate surface area is 142 Å². The number of piperidine rings is 1. The van der Waals surface area contributed by atoms with Gasteiger partial charge in [0, 0.05) is 32.0 Å². The van der Waals surface area contributed by atoms with E-state index in [0.29, 0.717) is 24.7 Å². The minimum atomic E-state index is -0.481. The number of hydrogen-bond acceptors (Lipinski definition) is 6. The number of rotatable bonds is 5. The molecular weight excluding hydrogens is 308 g/mol. The molecule has 0 unspecified atom stereocenters. The van der Waals surface area contributed by atoms with E-state index in [1.54, 1.807) is 4.90 Å². The van der Waals surface area contributed by atoms with Crippen molar-refractivity contribution in [3.8, 4) is 0 Å². The van der Waals surface area contributed by atoms with E-state index in [-0.39, 0.29) is 18.4 Å². The summed E-state index contributed by atoms with van der Waals surface area (Å²) in [6, 6.07) is 0. The average molecular weight is 334 g/mol. The Morgan fingerprint density at radius 1 is 1.38 bits per heavy atom. The molecule has 1 aliphatic heterocycles. The Morgan fingerprint density at radius 2 is 2.17 bits per heavy atom. The molecule has 0 radical (unpaired) electrons. The first kappa shape index (κ1) is 18.3. The van der Waals surface area contributed by atoms with Crippen molar-refractivity contribution in [2.24, 2.45) is 5.92 Å². The first-order chi connectivity index (χ1) is 11.3. The van der Waals surface area contributed by atoms with Gasteiger partial charge in [-0.15, -0.1) is 0 Å². The second-order valence-electron chi connectivity index (χ2n) is 7.08. The van der Waals surface area contributed by atoms with Crippen LogP contribution in [-0.2, 0) is 4.74 Å². The first-order valence-corrected chi connectivity index (χ1v) is 8.33. The molecule has 0 aromatic carbocycles. The molecule has 2 heterocycles. The summed E-state index contributed by atoms with van der Waals surface area (Å²) in [7, 11) is 0. The van der Waals surface area contributed by atoms with Crippen molar-refractivity contribution < 1.29 is 14.3 Å². The van der Waals surface area contributed by atoms with Gasteiger partial charge in [-0.05, 0) is 39.5 Å². The Balaban J connectivity index is 1.75. The van der Waals surface area contributed by atoms with Gasteiger partial charge in [-0.2, -0.15) is 0 Å². The number of ketones is 1. The number of aromatic nitrogens is 2. The van der Waals surface area contributed by atoms with Crippen LogP contribution in [0, 0.1) is 5.92 Å². The van der Waals surface area contributed by atoms with E-state index in [4.69, 9.17) is 4.74 Å². The molecule has 1 aromatic heterocycles. The van der Waals surface area contributed by atoms with Gasteiger partial charge in [0.25, 0.3) is 0 Å². The molecule has 0 saturated carbocycles. The molecule has 0 aliphatic carbocycles. The van der Waals surface area contributed by atoms with Crippen LogP contribution < -0.4 is 5.32 Å². The molecule has 1 amide bonds. The fourth-order valence-electron chi connectivity index (χ4n) is 2.65. The summed E-state index contributed by atoms with van der Waals surface area (Å²) in [6.45, 7) is 7.89. The van der Waals surface area contributed by atoms with Gasteiger partial charge in [0.1, 0.15) is 11.3 Å². The lowest BCUT2D eigenvalue weighted by Gasteiger charge is -2.34. The zero-order valence-electron chi connectivity index (χ0n) is 14.6. The Hall–Kier alpha value is -2.02. The predicted octanol–water partition coefficient (Wildman–Crippen LogP) is 1.90. The van der Waals surface area contributed by atoms with Gasteiger partial charge >= 0.3 is 6.09 Å². The highest BCUT2D eigenvalue weighted by molar-refractivity contribution is 5.95. The number of amides is 1. The lowest BCUT2D eigenvalue weighted by Crippen LogP contribution is -2.45. The molecule has 1 fully saturated rings. The minimum Gasteiger partial charge on any atom is -0.444 e. The third-order valence-corrected chi connectivity index (χ3v) is 3.74. The van der Waals surface area contributed by atoms with E-state index >= 15 is 0 Å². The molecule has 0 spiro atoms. The van der Waals surface area contributed by atoms with Crippen molar-refractivity contribution in [2.75, 3.05) is 26.2 Å². The van der Waals surface area contributed by atoms with Crippen LogP contribution in [0.25, 0.3) is 0 Å². The highest BCUT2D eigenvalue weighted by Gasteiger charge is 2.27. The van der Waals surface area contributed by atoms with Crippen molar-refractivity contribution in [1.82, 2.24) is 20.2 Å². The largest absolute Gasteiger partial charge is 0.444 e. The number of Topliss-reactive ketones (excluding diaryl/α,β-unsaturated/α-hetero) is 1. The molecule has 7 nitrogen and oxygen atoms in total. The number of hydrogen-bond donors (Lipinski definition) is 1. The number of nitrogens with zero attached hydrogens (tertiary/aromatic N) is 3. The molecule has 132 valence electrons. The second kappa shape index (κ2) is 8.19. The van der Waals surface area contributed by atoms with Crippen LogP contribution in [0.3, 0.4) is 0 Å². The van der Waals surface area contributed by atoms with Crippen molar-refractivity contribution in [3.05, 3.63) is 24.3 Å². The average Bonchev–Trinajstić information content (AvgIpc) is 2.54. The normalized spacial score (nSPS) is 18.3. The molecule has 1 N–H and O–H groups in total. The summed E-state index contributed by atoms with van der Waals surface area (Å²) >= 11 is 0. The van der Waals surface area contributed by atoms with E-state index in [0.717, 1.165) is 19.4 Å². The Bertz CT molecular complexity index is 557. The van der Waals surface area contributed by atoms with Crippen molar-refractivity contribution in [3.63, 3.8) is 0 Å². The quantitative estimate of drug-likeness (QED) is 0.828. The molecule has 7 heteroatoms. The van der Waals surface area contributed by atoms with Gasteiger partial charge < -0.3 is 15.0 Å². The fourth-order valence-corrected chi connectivity index (χ4v) is 2.65. The number of nitrogens with one attached hydrogen (secondary N) is 1. The zero-order chi connectivity index (χ0) is 17.6. The number of likely N-dealkylation sites (tertiary alicyclic amines) is 1. The lowest BCUT2D eigenvalue weighted by molar-refractivity contribution is 0.0166. The van der Waals surface area contributed by atoms with Crippen LogP contribution in [0.15, 0.2) is 18.6 Å². The van der Waals surface area contributed by atoms with Crippen LogP contribution in [0.1, 0.15) is 44.1 Å². The third-order valence-electron chi connectivity index (χ3n) is 3.74. The van der Waals surface area contributed by atoms with Gasteiger partial charge in [-0.3, -0.25) is 9.78 Å². The fraction of sp³-hybridized carbons (Fsp3) is 0.647. The molecule has 1 aliphatic rings. The van der Waals surface area contributed by atoms with Crippen LogP contribution in [-0.4, -0.2) is 58.5 Å². The lowest BCUT2D eigenvalue weighted by atomic mass is 9.98. The van der Waals surface area contributed by atoms with E-state index in [9.17, 15) is 9.59 Å². The summed E-state index contributed by atoms with van der Waals surface area (Å²) in [6.07, 6.45) is 6.23. The zero-order valence-corrected chi connectivity index (χ0v) is 14.6. The monoisotopic (exact) mass is 334 g/mol. The molecule has 2 rings (SSSR count). The SMILES string of the molecule is CC(C)(C)OC(=O)N1CCC[C@H](CNCC(=O)c2cnccn2)C1. The maximum atomic E-state index is 12.1. The van der Waals surface area contributed by atoms with Gasteiger partial charge in [0.2, 0.25) is 0 Å². The Morgan fingerprint density at radius 3 is 2.83 bits per heavy atom. The number of ether oxygens (including phenoxy) is 1. The summed E-state index contributed by atoms with van der Waals surface area (Å²) in [4.78, 5) is 33.7. The van der Waals surface area contributed by atoms with Gasteiger partial charge in [0.15, 0.2) is 5.78 Å². The topological polar surface area (TPSA) is 84.4 Å². The molecule has 0 bridgehead atoms. The van der Waals surface area contributed by atoms with Crippen LogP contribution in [0.5, 0.6) is 0 Å². The first-order valence-electron chi connectivity index (χ1n) is 8.33. The van der Waals surface area contributed by atoms with Gasteiger partial charge in [-0.25, -0.2) is 9.78 Å². The summed E-state index contributed by atoms with van der Waals surface area (Å²) in [5.74, 6) is 0.240. The Kier molecular flexibility index (Phi) is 6.25. The minimum absolute atomic E-state index is 0.0806. The maximum absolute atomic E-state index is 12.1. The van der Waals surface area contributed by atoms with Gasteiger partial charge in [0.05, 0.1) is 12.7 Å². The molecule has 1 saturated heterocycles. The van der Waals surface area contributed by atoms with Crippen LogP contribution >= 0.6 is 0 Å². The highest BCUT2D eigenvalue weighted by atomic mass is 16.6. The second-order valence-corrected chi connectivity index (χ2v) is 7.08. The predicted molar refractivity (Wildman–Crippen MR) is 89.8 cm³/mol. The highest BCUT2D eigenvalue weighted by Crippen LogP contribution is 2.18. The standard InChI is InChI=1S/C17H26N4O3/c1-17(2,3)24-16(23)21-8-4-5-13(12-21)9-19-11-15(22)14-10-18-6-7-20-14/h6-7,10,13,19H,4-5,8-9,11-12H2,1-3H3/t13-/m1/s1. The van der Waals surface area contributed by atoms with Crippen molar-refractivity contribution in [1.29, 1.82) is 0 Å². The van der Waals surface area contributed by atoms with Crippen LogP contribution in [0.2, 0.25) is 0 Å². The third kappa shape index (κ3) is 5.88. The van der Waals surface area contributed by atoms with Crippen molar-refractivity contribution >= 4 is 11.9 Å². The van der Waals surface area contributed by atoms with E-state index in [1.165, 1.54) is 18.6 Å². The summed E-state index contributed by atoms with van der Waals surface area (Å²) < 4.78 is 5.42. The van der Waals surface area contributed by atoms with Gasteiger partial charge in [-0.1, -0.05) is 0 Å². The molecular formula is C17H26N4O3. The molecule has 24 heavy (non-hydrogen) atoms. The van der Waals surface area contributed by atoms with Crippen molar-refractivity contribution in [2.45, 2.75) is 39.2 Å².